The highest BCUT2D eigenvalue weighted by atomic mass is 19.4. The van der Waals surface area contributed by atoms with Crippen LogP contribution in [0.1, 0.15) is 55.0 Å². The number of halogens is 4. The molecule has 234 valence electrons. The Balaban J connectivity index is 1.46. The summed E-state index contributed by atoms with van der Waals surface area (Å²) in [5, 5.41) is 5.28. The summed E-state index contributed by atoms with van der Waals surface area (Å²) in [5.41, 5.74) is 2.25. The molecular formula is C27H29F4N9O4. The molecule has 0 aliphatic heterocycles. The van der Waals surface area contributed by atoms with Gasteiger partial charge >= 0.3 is 18.0 Å². The van der Waals surface area contributed by atoms with Crippen molar-refractivity contribution in [3.63, 3.8) is 0 Å². The number of alkyl halides is 4. The molecule has 2 atom stereocenters. The number of hydrogen-bond donors (Lipinski definition) is 3. The van der Waals surface area contributed by atoms with E-state index in [0.717, 1.165) is 13.3 Å². The lowest BCUT2D eigenvalue weighted by atomic mass is 9.74. The number of anilines is 2. The van der Waals surface area contributed by atoms with Gasteiger partial charge < -0.3 is 21.1 Å². The number of primary amides is 1. The number of hydrogen-bond acceptors (Lipinski definition) is 8. The number of carbonyl (C=O) groups is 2. The summed E-state index contributed by atoms with van der Waals surface area (Å²) in [5.74, 6) is -2.69. The summed E-state index contributed by atoms with van der Waals surface area (Å²) in [6.07, 6.45) is -7.21. The highest BCUT2D eigenvalue weighted by molar-refractivity contribution is 5.88. The molecule has 4 aromatic heterocycles. The van der Waals surface area contributed by atoms with E-state index in [1.807, 2.05) is 0 Å². The second-order valence-corrected chi connectivity index (χ2v) is 11.0. The second kappa shape index (κ2) is 10.2. The third-order valence-electron chi connectivity index (χ3n) is 8.17. The first-order chi connectivity index (χ1) is 22.3. The van der Waals surface area contributed by atoms with E-state index in [1.54, 1.807) is 0 Å². The maximum atomic E-state index is 14.2. The van der Waals surface area contributed by atoms with Crippen molar-refractivity contribution in [1.29, 1.82) is 0 Å². The van der Waals surface area contributed by atoms with Crippen molar-refractivity contribution in [3.8, 4) is 0 Å². The van der Waals surface area contributed by atoms with Crippen LogP contribution in [0, 0.1) is 6.92 Å². The Morgan fingerprint density at radius 1 is 1.20 bits per heavy atom. The van der Waals surface area contributed by atoms with Gasteiger partial charge in [0.05, 0.1) is 25.7 Å². The second-order valence-electron chi connectivity index (χ2n) is 11.0. The Bertz CT molecular complexity index is 2040. The number of alkyl carbamates (subject to hydrolysis) is 1. The van der Waals surface area contributed by atoms with Crippen LogP contribution in [0.2, 0.25) is 0 Å². The van der Waals surface area contributed by atoms with Crippen LogP contribution in [0.15, 0.2) is 23.1 Å². The molecular weight excluding hydrogens is 590 g/mol. The van der Waals surface area contributed by atoms with Crippen molar-refractivity contribution in [3.05, 3.63) is 40.2 Å². The summed E-state index contributed by atoms with van der Waals surface area (Å²) in [7, 11) is 1.14. The van der Waals surface area contributed by atoms with Crippen molar-refractivity contribution in [2.24, 2.45) is 12.7 Å². The fraction of sp³-hybridized carbons (Fsp3) is 0.481. The van der Waals surface area contributed by atoms with E-state index in [9.17, 15) is 31.9 Å². The minimum absolute atomic E-state index is 0.00667. The average molecular weight is 624 g/mol. The molecule has 0 radical (unpaired) electrons. The van der Waals surface area contributed by atoms with Gasteiger partial charge in [0, 0.05) is 42.1 Å². The Morgan fingerprint density at radius 2 is 1.95 bits per heavy atom. The quantitative estimate of drug-likeness (QED) is 0.276. The molecule has 2 aliphatic carbocycles. The molecule has 4 N–H and O–H groups in total. The lowest BCUT2D eigenvalue weighted by Crippen LogP contribution is -2.57. The molecule has 0 spiro atoms. The zero-order chi connectivity index (χ0) is 35.1. The molecule has 4 heterocycles. The molecule has 0 aromatic carbocycles. The average Bonchev–Trinajstić information content (AvgIpc) is 3.61. The van der Waals surface area contributed by atoms with E-state index < -0.39 is 73.3 Å². The largest absolute Gasteiger partial charge is 0.453 e. The molecule has 2 fully saturated rings. The first kappa shape index (κ1) is 24.7. The van der Waals surface area contributed by atoms with Crippen LogP contribution in [0.25, 0.3) is 22.2 Å². The maximum Gasteiger partial charge on any atom is 0.449 e. The van der Waals surface area contributed by atoms with Crippen molar-refractivity contribution in [2.75, 3.05) is 12.4 Å². The van der Waals surface area contributed by atoms with Crippen LogP contribution < -0.4 is 22.1 Å². The van der Waals surface area contributed by atoms with Gasteiger partial charge in [0.2, 0.25) is 11.7 Å². The number of carbonyl (C=O) groups excluding carboxylic acids is 2. The molecule has 17 heteroatoms. The number of ether oxygens (including phenoxy) is 1. The number of nitrogens with two attached hydrogens (primary N) is 1. The number of methoxy groups -OCH3 is 1. The Labute approximate surface area is 252 Å². The number of pyridine rings is 2. The summed E-state index contributed by atoms with van der Waals surface area (Å²) < 4.78 is 96.1. The van der Waals surface area contributed by atoms with Gasteiger partial charge in [0.1, 0.15) is 28.9 Å². The van der Waals surface area contributed by atoms with Crippen LogP contribution in [-0.4, -0.2) is 60.0 Å². The zero-order valence-electron chi connectivity index (χ0n) is 27.3. The number of aryl methyl sites for hydroxylation is 2. The van der Waals surface area contributed by atoms with E-state index in [2.05, 4.69) is 30.3 Å². The fourth-order valence-corrected chi connectivity index (χ4v) is 6.05. The molecule has 2 amide bonds. The fourth-order valence-electron chi connectivity index (χ4n) is 6.05. The Morgan fingerprint density at radius 3 is 2.59 bits per heavy atom. The van der Waals surface area contributed by atoms with Gasteiger partial charge in [0.25, 0.3) is 0 Å². The SMILES string of the molecule is [2H]C1(NC(=O)OC)CCC(n2c(=O)n(C([2H])([2H])[2H])c3cnc(Nc4cc(C)c5nc(C(F)(F)F)n(C6(C(N)=O)CC(F)C6)c5n4)cc32)C1. The van der Waals surface area contributed by atoms with Crippen molar-refractivity contribution < 1.29 is 37.4 Å². The summed E-state index contributed by atoms with van der Waals surface area (Å²) in [4.78, 5) is 50.1. The molecule has 0 saturated heterocycles. The predicted octanol–water partition coefficient (Wildman–Crippen LogP) is 3.31. The van der Waals surface area contributed by atoms with E-state index in [4.69, 9.17) is 11.2 Å². The van der Waals surface area contributed by atoms with E-state index >= 15 is 0 Å². The van der Waals surface area contributed by atoms with Crippen LogP contribution in [0.4, 0.5) is 34.0 Å². The normalized spacial score (nSPS) is 26.9. The first-order valence-electron chi connectivity index (χ1n) is 15.5. The van der Waals surface area contributed by atoms with Crippen LogP contribution in [0.5, 0.6) is 0 Å². The highest BCUT2D eigenvalue weighted by Crippen LogP contribution is 2.46. The molecule has 4 aromatic rings. The Kier molecular flexibility index (Phi) is 5.73. The van der Waals surface area contributed by atoms with Crippen molar-refractivity contribution >= 4 is 45.8 Å². The zero-order valence-corrected chi connectivity index (χ0v) is 23.3. The lowest BCUT2D eigenvalue weighted by Gasteiger charge is -2.43. The third-order valence-corrected chi connectivity index (χ3v) is 8.17. The standard InChI is InChI=1S/C27H29F4N9O4/c1-12-6-19(36-21-20(12)37-23(27(29,30)31)40(21)26(22(32)41)9-13(28)10-26)35-18-8-16-17(11-33-18)38(2)25(43)39(16)15-5-4-14(7-15)34-24(42)44-3/h6,8,11,13-15H,4-5,7,9-10H2,1-3H3,(H2,32,41)(H,34,42)(H,33,35,36)/i2D3,14D. The highest BCUT2D eigenvalue weighted by Gasteiger charge is 2.56. The van der Waals surface area contributed by atoms with Gasteiger partial charge in [-0.1, -0.05) is 0 Å². The summed E-state index contributed by atoms with van der Waals surface area (Å²) in [6, 6.07) is 0.499. The molecule has 2 unspecified atom stereocenters. The van der Waals surface area contributed by atoms with Crippen LogP contribution in [0.3, 0.4) is 0 Å². The molecule has 13 nitrogen and oxygen atoms in total. The number of nitrogens with zero attached hydrogens (tertiary/aromatic N) is 6. The smallest absolute Gasteiger partial charge is 0.449 e. The molecule has 2 aliphatic rings. The lowest BCUT2D eigenvalue weighted by molar-refractivity contribution is -0.155. The Hall–Kier alpha value is -4.70. The van der Waals surface area contributed by atoms with Gasteiger partial charge in [0.15, 0.2) is 5.65 Å². The number of fused-ring (bicyclic) bond motifs is 2. The van der Waals surface area contributed by atoms with Gasteiger partial charge in [-0.05, 0) is 37.8 Å². The topological polar surface area (TPSA) is 164 Å². The van der Waals surface area contributed by atoms with Gasteiger partial charge in [-0.25, -0.2) is 28.9 Å². The van der Waals surface area contributed by atoms with E-state index in [0.29, 0.717) is 9.13 Å². The third kappa shape index (κ3) is 4.61. The minimum atomic E-state index is -5.04. The van der Waals surface area contributed by atoms with Gasteiger partial charge in [-0.15, -0.1) is 0 Å². The predicted molar refractivity (Wildman–Crippen MR) is 149 cm³/mol. The number of nitrogens with one attached hydrogen (secondary N) is 2. The van der Waals surface area contributed by atoms with E-state index in [1.165, 1.54) is 23.6 Å². The van der Waals surface area contributed by atoms with Crippen LogP contribution in [-0.2, 0) is 28.2 Å². The molecule has 0 bridgehead atoms. The minimum Gasteiger partial charge on any atom is -0.453 e. The first-order valence-corrected chi connectivity index (χ1v) is 13.5. The van der Waals surface area contributed by atoms with Crippen LogP contribution >= 0.6 is 0 Å². The van der Waals surface area contributed by atoms with E-state index in [-0.39, 0.29) is 58.7 Å². The molecule has 44 heavy (non-hydrogen) atoms. The van der Waals surface area contributed by atoms with Gasteiger partial charge in [-0.2, -0.15) is 13.2 Å². The summed E-state index contributed by atoms with van der Waals surface area (Å²) >= 11 is 0. The van der Waals surface area contributed by atoms with Gasteiger partial charge in [-0.3, -0.25) is 18.5 Å². The maximum absolute atomic E-state index is 14.2. The van der Waals surface area contributed by atoms with Crippen molar-refractivity contribution in [1.82, 2.24) is 34.0 Å². The monoisotopic (exact) mass is 623 g/mol. The summed E-state index contributed by atoms with van der Waals surface area (Å²) in [6.45, 7) is -1.45. The molecule has 6 rings (SSSR count). The number of amides is 2. The number of aromatic nitrogens is 6. The van der Waals surface area contributed by atoms with Crippen molar-refractivity contribution in [2.45, 2.75) is 69.0 Å². The number of rotatable bonds is 6. The molecule has 2 saturated carbocycles. The number of imidazole rings is 2.